The van der Waals surface area contributed by atoms with Gasteiger partial charge in [-0.3, -0.25) is 4.79 Å². The summed E-state index contributed by atoms with van der Waals surface area (Å²) in [6, 6.07) is 0. The summed E-state index contributed by atoms with van der Waals surface area (Å²) in [4.78, 5) is 12.0. The third kappa shape index (κ3) is 2.02. The molecular weight excluding hydrogens is 172 g/mol. The smallest absolute Gasteiger partial charge is 0.136 e. The zero-order valence-electron chi connectivity index (χ0n) is 9.51. The minimum atomic E-state index is 0.392. The Kier molecular flexibility index (Phi) is 2.68. The molecule has 0 aromatic heterocycles. The fraction of sp³-hybridized carbons (Fsp3) is 0.923. The molecule has 0 aromatic rings. The van der Waals surface area contributed by atoms with Gasteiger partial charge in [0.25, 0.3) is 0 Å². The van der Waals surface area contributed by atoms with Gasteiger partial charge in [0, 0.05) is 12.3 Å². The molecule has 0 saturated heterocycles. The Morgan fingerprint density at radius 1 is 1.36 bits per heavy atom. The minimum absolute atomic E-state index is 0.392. The molecule has 0 aliphatic heterocycles. The normalized spacial score (nSPS) is 35.3. The predicted octanol–water partition coefficient (Wildman–Crippen LogP) is 3.57. The van der Waals surface area contributed by atoms with E-state index in [4.69, 9.17) is 0 Å². The summed E-state index contributed by atoms with van der Waals surface area (Å²) in [7, 11) is 0. The van der Waals surface area contributed by atoms with Crippen LogP contribution in [0.5, 0.6) is 0 Å². The molecule has 2 rings (SSSR count). The highest BCUT2D eigenvalue weighted by atomic mass is 16.1. The summed E-state index contributed by atoms with van der Waals surface area (Å²) in [5, 5.41) is 0. The van der Waals surface area contributed by atoms with Crippen LogP contribution in [-0.2, 0) is 4.79 Å². The number of carbonyl (C=O) groups is 1. The van der Waals surface area contributed by atoms with Crippen LogP contribution in [0.15, 0.2) is 0 Å². The van der Waals surface area contributed by atoms with Crippen molar-refractivity contribution in [3.63, 3.8) is 0 Å². The molecule has 2 unspecified atom stereocenters. The predicted molar refractivity (Wildman–Crippen MR) is 58.1 cm³/mol. The molecular formula is C13H22O. The van der Waals surface area contributed by atoms with Crippen LogP contribution in [0.25, 0.3) is 0 Å². The van der Waals surface area contributed by atoms with E-state index < -0.39 is 0 Å². The van der Waals surface area contributed by atoms with Crippen molar-refractivity contribution in [3.05, 3.63) is 0 Å². The fourth-order valence-electron chi connectivity index (χ4n) is 3.02. The average Bonchev–Trinajstić information content (AvgIpc) is 2.49. The summed E-state index contributed by atoms with van der Waals surface area (Å²) in [5.41, 5.74) is 0.392. The average molecular weight is 194 g/mol. The molecule has 14 heavy (non-hydrogen) atoms. The minimum Gasteiger partial charge on any atom is -0.299 e. The first-order valence-corrected chi connectivity index (χ1v) is 6.12. The molecule has 2 aliphatic rings. The number of ketones is 1. The van der Waals surface area contributed by atoms with Crippen molar-refractivity contribution in [3.8, 4) is 0 Å². The van der Waals surface area contributed by atoms with E-state index in [1.165, 1.54) is 25.7 Å². The van der Waals surface area contributed by atoms with E-state index in [1.54, 1.807) is 0 Å². The molecule has 2 atom stereocenters. The molecule has 0 amide bonds. The standard InChI is InChI=1S/C13H22O/c1-10-4-5-11(8-10)12(14)9-13(2)6-3-7-13/h10-11H,3-9H2,1-2H3. The maximum absolute atomic E-state index is 12.0. The van der Waals surface area contributed by atoms with Crippen LogP contribution >= 0.6 is 0 Å². The molecule has 1 nitrogen and oxygen atoms in total. The van der Waals surface area contributed by atoms with Crippen molar-refractivity contribution < 1.29 is 4.79 Å². The van der Waals surface area contributed by atoms with Gasteiger partial charge in [0.05, 0.1) is 0 Å². The molecule has 80 valence electrons. The molecule has 0 bridgehead atoms. The number of carbonyl (C=O) groups excluding carboxylic acids is 1. The Balaban J connectivity index is 1.83. The largest absolute Gasteiger partial charge is 0.299 e. The molecule has 0 aromatic carbocycles. The second kappa shape index (κ2) is 3.67. The number of Topliss-reactive ketones (excluding diaryl/α,β-unsaturated/α-hetero) is 1. The highest BCUT2D eigenvalue weighted by Crippen LogP contribution is 2.45. The van der Waals surface area contributed by atoms with Gasteiger partial charge in [-0.25, -0.2) is 0 Å². The zero-order valence-corrected chi connectivity index (χ0v) is 9.51. The van der Waals surface area contributed by atoms with E-state index in [0.29, 0.717) is 17.1 Å². The topological polar surface area (TPSA) is 17.1 Å². The van der Waals surface area contributed by atoms with Gasteiger partial charge in [-0.1, -0.05) is 20.3 Å². The third-order valence-corrected chi connectivity index (χ3v) is 4.31. The van der Waals surface area contributed by atoms with Crippen LogP contribution in [0.3, 0.4) is 0 Å². The summed E-state index contributed by atoms with van der Waals surface area (Å²) >= 11 is 0. The molecule has 0 heterocycles. The molecule has 1 heteroatoms. The summed E-state index contributed by atoms with van der Waals surface area (Å²) in [6.45, 7) is 4.56. The monoisotopic (exact) mass is 194 g/mol. The van der Waals surface area contributed by atoms with Gasteiger partial charge in [0.2, 0.25) is 0 Å². The van der Waals surface area contributed by atoms with Crippen molar-refractivity contribution in [2.45, 2.75) is 58.8 Å². The third-order valence-electron chi connectivity index (χ3n) is 4.31. The van der Waals surface area contributed by atoms with Crippen LogP contribution < -0.4 is 0 Å². The van der Waals surface area contributed by atoms with Crippen LogP contribution in [0.2, 0.25) is 0 Å². The summed E-state index contributed by atoms with van der Waals surface area (Å²) in [5.74, 6) is 1.78. The number of rotatable bonds is 3. The second-order valence-electron chi connectivity index (χ2n) is 5.92. The Morgan fingerprint density at radius 2 is 2.07 bits per heavy atom. The number of hydrogen-bond acceptors (Lipinski definition) is 1. The Bertz CT molecular complexity index is 227. The summed E-state index contributed by atoms with van der Waals surface area (Å²) in [6.07, 6.45) is 8.36. The molecule has 2 saturated carbocycles. The molecule has 0 spiro atoms. The maximum Gasteiger partial charge on any atom is 0.136 e. The first-order valence-electron chi connectivity index (χ1n) is 6.12. The van der Waals surface area contributed by atoms with Gasteiger partial charge in [0.15, 0.2) is 0 Å². The second-order valence-corrected chi connectivity index (χ2v) is 5.92. The Hall–Kier alpha value is -0.330. The molecule has 0 N–H and O–H groups in total. The van der Waals surface area contributed by atoms with E-state index >= 15 is 0 Å². The van der Waals surface area contributed by atoms with Gasteiger partial charge >= 0.3 is 0 Å². The van der Waals surface area contributed by atoms with Crippen molar-refractivity contribution in [1.29, 1.82) is 0 Å². The van der Waals surface area contributed by atoms with Crippen molar-refractivity contribution in [2.75, 3.05) is 0 Å². The Morgan fingerprint density at radius 3 is 2.50 bits per heavy atom. The Labute approximate surface area is 87.3 Å². The SMILES string of the molecule is CC1CCC(C(=O)CC2(C)CCC2)C1. The first kappa shape index (κ1) is 10.2. The van der Waals surface area contributed by atoms with Crippen molar-refractivity contribution in [1.82, 2.24) is 0 Å². The molecule has 2 aliphatic carbocycles. The zero-order chi connectivity index (χ0) is 10.2. The van der Waals surface area contributed by atoms with E-state index in [2.05, 4.69) is 13.8 Å². The van der Waals surface area contributed by atoms with Gasteiger partial charge < -0.3 is 0 Å². The lowest BCUT2D eigenvalue weighted by atomic mass is 9.66. The molecule has 0 radical (unpaired) electrons. The van der Waals surface area contributed by atoms with E-state index in [-0.39, 0.29) is 0 Å². The number of hydrogen-bond donors (Lipinski definition) is 0. The van der Waals surface area contributed by atoms with Crippen LogP contribution in [-0.4, -0.2) is 5.78 Å². The quantitative estimate of drug-likeness (QED) is 0.671. The lowest BCUT2D eigenvalue weighted by Gasteiger charge is -2.38. The van der Waals surface area contributed by atoms with E-state index in [9.17, 15) is 4.79 Å². The lowest BCUT2D eigenvalue weighted by Crippen LogP contribution is -2.30. The van der Waals surface area contributed by atoms with Crippen LogP contribution in [0, 0.1) is 17.3 Å². The first-order chi connectivity index (χ1) is 6.59. The van der Waals surface area contributed by atoms with Gasteiger partial charge in [0.1, 0.15) is 5.78 Å². The fourth-order valence-corrected chi connectivity index (χ4v) is 3.02. The maximum atomic E-state index is 12.0. The highest BCUT2D eigenvalue weighted by molar-refractivity contribution is 5.82. The van der Waals surface area contributed by atoms with Crippen molar-refractivity contribution >= 4 is 5.78 Å². The summed E-state index contributed by atoms with van der Waals surface area (Å²) < 4.78 is 0. The van der Waals surface area contributed by atoms with E-state index in [1.807, 2.05) is 0 Å². The van der Waals surface area contributed by atoms with Crippen LogP contribution in [0.4, 0.5) is 0 Å². The lowest BCUT2D eigenvalue weighted by molar-refractivity contribution is -0.126. The van der Waals surface area contributed by atoms with Gasteiger partial charge in [-0.15, -0.1) is 0 Å². The van der Waals surface area contributed by atoms with E-state index in [0.717, 1.165) is 25.2 Å². The molecule has 2 fully saturated rings. The van der Waals surface area contributed by atoms with Gasteiger partial charge in [-0.05, 0) is 43.4 Å². The van der Waals surface area contributed by atoms with Crippen molar-refractivity contribution in [2.24, 2.45) is 17.3 Å². The van der Waals surface area contributed by atoms with Gasteiger partial charge in [-0.2, -0.15) is 0 Å². The highest BCUT2D eigenvalue weighted by Gasteiger charge is 2.37. The van der Waals surface area contributed by atoms with Crippen LogP contribution in [0.1, 0.15) is 58.8 Å².